The van der Waals surface area contributed by atoms with Crippen LogP contribution in [-0.4, -0.2) is 39.1 Å². The van der Waals surface area contributed by atoms with Crippen LogP contribution in [0.25, 0.3) is 11.2 Å². The lowest BCUT2D eigenvalue weighted by Crippen LogP contribution is -2.32. The van der Waals surface area contributed by atoms with Crippen molar-refractivity contribution in [3.8, 4) is 0 Å². The number of pyridine rings is 1. The van der Waals surface area contributed by atoms with E-state index in [4.69, 9.17) is 12.2 Å². The number of fused-ring (bicyclic) bond motifs is 1. The Morgan fingerprint density at radius 3 is 2.95 bits per heavy atom. The molecular weight excluding hydrogens is 268 g/mol. The zero-order valence-electron chi connectivity index (χ0n) is 12.2. The van der Waals surface area contributed by atoms with E-state index in [1.54, 1.807) is 0 Å². The molecule has 0 spiro atoms. The lowest BCUT2D eigenvalue weighted by Gasteiger charge is -2.24. The molecule has 3 rings (SSSR count). The third-order valence-corrected chi connectivity index (χ3v) is 4.69. The fourth-order valence-electron chi connectivity index (χ4n) is 3.14. The zero-order valence-corrected chi connectivity index (χ0v) is 13.0. The van der Waals surface area contributed by atoms with E-state index in [9.17, 15) is 0 Å². The molecule has 108 valence electrons. The minimum atomic E-state index is 0.754. The van der Waals surface area contributed by atoms with Crippen molar-refractivity contribution < 1.29 is 0 Å². The summed E-state index contributed by atoms with van der Waals surface area (Å²) in [4.78, 5) is 10.3. The van der Waals surface area contributed by atoms with Gasteiger partial charge in [0, 0.05) is 25.3 Å². The maximum absolute atomic E-state index is 5.43. The molecule has 0 atom stereocenters. The van der Waals surface area contributed by atoms with Gasteiger partial charge in [-0.3, -0.25) is 0 Å². The number of H-pyrrole nitrogens is 1. The van der Waals surface area contributed by atoms with E-state index in [-0.39, 0.29) is 0 Å². The van der Waals surface area contributed by atoms with E-state index in [0.717, 1.165) is 40.6 Å². The zero-order chi connectivity index (χ0) is 14.1. The predicted octanol–water partition coefficient (Wildman–Crippen LogP) is 3.28. The lowest BCUT2D eigenvalue weighted by molar-refractivity contribution is 0.237. The van der Waals surface area contributed by atoms with Gasteiger partial charge in [0.25, 0.3) is 0 Å². The molecule has 2 heterocycles. The second-order valence-corrected chi connectivity index (χ2v) is 6.27. The number of hydrogen-bond acceptors (Lipinski definition) is 3. The molecule has 1 N–H and O–H groups in total. The lowest BCUT2D eigenvalue weighted by atomic mass is 10.2. The van der Waals surface area contributed by atoms with Gasteiger partial charge in [-0.15, -0.1) is 0 Å². The van der Waals surface area contributed by atoms with Gasteiger partial charge in [-0.25, -0.2) is 4.98 Å². The topological polar surface area (TPSA) is 36.9 Å². The summed E-state index contributed by atoms with van der Waals surface area (Å²) >= 11 is 5.43. The molecule has 0 radical (unpaired) electrons. The highest BCUT2D eigenvalue weighted by Gasteiger charge is 2.19. The van der Waals surface area contributed by atoms with Crippen molar-refractivity contribution in [2.75, 3.05) is 13.6 Å². The molecular formula is C15H22N4S. The minimum absolute atomic E-state index is 0.754. The first-order valence-corrected chi connectivity index (χ1v) is 7.81. The first-order chi connectivity index (χ1) is 9.65. The Bertz CT molecular complexity index is 651. The summed E-state index contributed by atoms with van der Waals surface area (Å²) in [5, 5.41) is 0. The van der Waals surface area contributed by atoms with E-state index < -0.39 is 0 Å². The number of rotatable bonds is 4. The average molecular weight is 290 g/mol. The van der Waals surface area contributed by atoms with Crippen LogP contribution in [0.2, 0.25) is 0 Å². The van der Waals surface area contributed by atoms with Crippen molar-refractivity contribution in [1.29, 1.82) is 0 Å². The summed E-state index contributed by atoms with van der Waals surface area (Å²) in [5.74, 6) is 0. The Morgan fingerprint density at radius 1 is 1.45 bits per heavy atom. The van der Waals surface area contributed by atoms with E-state index in [1.807, 2.05) is 6.20 Å². The molecule has 0 aliphatic heterocycles. The van der Waals surface area contributed by atoms with Gasteiger partial charge in [-0.1, -0.05) is 12.8 Å². The molecule has 5 heteroatoms. The Morgan fingerprint density at radius 2 is 2.20 bits per heavy atom. The van der Waals surface area contributed by atoms with E-state index in [2.05, 4.69) is 39.5 Å². The second-order valence-electron chi connectivity index (χ2n) is 5.88. The van der Waals surface area contributed by atoms with Crippen molar-refractivity contribution in [3.05, 3.63) is 22.6 Å². The smallest absolute Gasteiger partial charge is 0.179 e. The van der Waals surface area contributed by atoms with Crippen molar-refractivity contribution in [2.45, 2.75) is 45.2 Å². The van der Waals surface area contributed by atoms with Crippen molar-refractivity contribution in [1.82, 2.24) is 19.4 Å². The van der Waals surface area contributed by atoms with Crippen LogP contribution in [0.15, 0.2) is 12.3 Å². The van der Waals surface area contributed by atoms with Crippen molar-refractivity contribution in [3.63, 3.8) is 0 Å². The van der Waals surface area contributed by atoms with Crippen LogP contribution in [0.4, 0.5) is 0 Å². The number of aryl methyl sites for hydroxylation is 1. The molecule has 20 heavy (non-hydrogen) atoms. The number of aromatic amines is 1. The highest BCUT2D eigenvalue weighted by molar-refractivity contribution is 7.71. The normalized spacial score (nSPS) is 16.6. The van der Waals surface area contributed by atoms with Gasteiger partial charge in [0.05, 0.1) is 5.52 Å². The number of imidazole rings is 1. The second kappa shape index (κ2) is 5.66. The molecule has 1 saturated carbocycles. The molecule has 0 aromatic carbocycles. The van der Waals surface area contributed by atoms with E-state index >= 15 is 0 Å². The van der Waals surface area contributed by atoms with Crippen LogP contribution >= 0.6 is 12.2 Å². The van der Waals surface area contributed by atoms with E-state index in [0.29, 0.717) is 0 Å². The largest absolute Gasteiger partial charge is 0.329 e. The third-order valence-electron chi connectivity index (χ3n) is 4.37. The molecule has 0 saturated heterocycles. The van der Waals surface area contributed by atoms with Gasteiger partial charge in [0.15, 0.2) is 10.4 Å². The van der Waals surface area contributed by atoms with Crippen LogP contribution in [0.1, 0.15) is 31.2 Å². The predicted molar refractivity (Wildman–Crippen MR) is 84.5 cm³/mol. The number of hydrogen-bond donors (Lipinski definition) is 1. The van der Waals surface area contributed by atoms with Crippen LogP contribution in [0.5, 0.6) is 0 Å². The molecule has 1 fully saturated rings. The van der Waals surface area contributed by atoms with Gasteiger partial charge in [0.1, 0.15) is 0 Å². The molecule has 0 amide bonds. The van der Waals surface area contributed by atoms with Crippen LogP contribution in [0.3, 0.4) is 0 Å². The van der Waals surface area contributed by atoms with Crippen LogP contribution < -0.4 is 0 Å². The summed E-state index contributed by atoms with van der Waals surface area (Å²) in [6.07, 6.45) is 7.34. The summed E-state index contributed by atoms with van der Waals surface area (Å²) in [7, 11) is 2.23. The standard InChI is InChI=1S/C15H22N4S/c1-11-9-13-14(16-10-11)19(15(20)17-13)8-7-18(2)12-5-3-4-6-12/h9-10,12H,3-8H2,1-2H3,(H,17,20). The van der Waals surface area contributed by atoms with Crippen molar-refractivity contribution in [2.24, 2.45) is 0 Å². The fourth-order valence-corrected chi connectivity index (χ4v) is 3.43. The van der Waals surface area contributed by atoms with Gasteiger partial charge in [-0.05, 0) is 50.7 Å². The molecule has 0 bridgehead atoms. The summed E-state index contributed by atoms with van der Waals surface area (Å²) in [6, 6.07) is 2.86. The van der Waals surface area contributed by atoms with Gasteiger partial charge in [0.2, 0.25) is 0 Å². The van der Waals surface area contributed by atoms with Crippen molar-refractivity contribution >= 4 is 23.4 Å². The summed E-state index contributed by atoms with van der Waals surface area (Å²) in [6.45, 7) is 3.98. The number of aromatic nitrogens is 3. The fraction of sp³-hybridized carbons (Fsp3) is 0.600. The van der Waals surface area contributed by atoms with Crippen LogP contribution in [-0.2, 0) is 6.54 Å². The first-order valence-electron chi connectivity index (χ1n) is 7.40. The molecule has 1 aliphatic rings. The monoisotopic (exact) mass is 290 g/mol. The molecule has 0 unspecified atom stereocenters. The van der Waals surface area contributed by atoms with Gasteiger partial charge in [-0.2, -0.15) is 0 Å². The quantitative estimate of drug-likeness (QED) is 0.878. The Hall–Kier alpha value is -1.20. The van der Waals surface area contributed by atoms with Gasteiger partial charge >= 0.3 is 0 Å². The Balaban J connectivity index is 1.77. The molecule has 1 aliphatic carbocycles. The molecule has 4 nitrogen and oxygen atoms in total. The first kappa shape index (κ1) is 13.8. The van der Waals surface area contributed by atoms with E-state index in [1.165, 1.54) is 25.7 Å². The van der Waals surface area contributed by atoms with Crippen LogP contribution in [0, 0.1) is 11.7 Å². The summed E-state index contributed by atoms with van der Waals surface area (Å²) < 4.78 is 2.90. The molecule has 2 aromatic rings. The minimum Gasteiger partial charge on any atom is -0.329 e. The number of nitrogens with zero attached hydrogens (tertiary/aromatic N) is 3. The Labute approximate surface area is 124 Å². The maximum Gasteiger partial charge on any atom is 0.179 e. The Kier molecular flexibility index (Phi) is 3.89. The third kappa shape index (κ3) is 2.65. The van der Waals surface area contributed by atoms with Gasteiger partial charge < -0.3 is 14.5 Å². The highest BCUT2D eigenvalue weighted by Crippen LogP contribution is 2.22. The summed E-state index contributed by atoms with van der Waals surface area (Å²) in [5.41, 5.74) is 3.17. The molecule has 2 aromatic heterocycles. The number of likely N-dealkylation sites (N-methyl/N-ethyl adjacent to an activating group) is 1. The average Bonchev–Trinajstić information content (AvgIpc) is 3.03. The maximum atomic E-state index is 5.43. The number of nitrogens with one attached hydrogen (secondary N) is 1. The SMILES string of the molecule is Cc1cnc2c(c1)[nH]c(=S)n2CCN(C)C1CCCC1. The highest BCUT2D eigenvalue weighted by atomic mass is 32.1.